The van der Waals surface area contributed by atoms with Crippen LogP contribution in [0.2, 0.25) is 0 Å². The third kappa shape index (κ3) is 7.06. The molecule has 6 nitrogen and oxygen atoms in total. The van der Waals surface area contributed by atoms with E-state index in [0.29, 0.717) is 17.1 Å². The van der Waals surface area contributed by atoms with E-state index in [2.05, 4.69) is 5.32 Å². The normalized spacial score (nSPS) is 12.1. The molecule has 162 valence electrons. The van der Waals surface area contributed by atoms with Crippen molar-refractivity contribution in [2.75, 3.05) is 13.7 Å². The van der Waals surface area contributed by atoms with Gasteiger partial charge in [0.2, 0.25) is 5.91 Å². The van der Waals surface area contributed by atoms with Crippen LogP contribution in [0, 0.1) is 5.82 Å². The molecule has 7 heteroatoms. The molecule has 2 amide bonds. The lowest BCUT2D eigenvalue weighted by atomic mass is 10.1. The Hall–Kier alpha value is -3.09. The monoisotopic (exact) mass is 416 g/mol. The molecule has 0 aliphatic carbocycles. The van der Waals surface area contributed by atoms with Gasteiger partial charge in [0.25, 0.3) is 5.91 Å². The lowest BCUT2D eigenvalue weighted by Crippen LogP contribution is -2.53. The Kier molecular flexibility index (Phi) is 7.80. The van der Waals surface area contributed by atoms with E-state index in [1.807, 2.05) is 20.8 Å². The molecule has 1 N–H and O–H groups in total. The second-order valence-corrected chi connectivity index (χ2v) is 8.03. The minimum absolute atomic E-state index is 0.157. The molecule has 2 aromatic carbocycles. The fourth-order valence-electron chi connectivity index (χ4n) is 2.74. The number of rotatable bonds is 8. The Balaban J connectivity index is 2.14. The number of methoxy groups -OCH3 is 1. The Morgan fingerprint density at radius 1 is 1.03 bits per heavy atom. The average molecular weight is 416 g/mol. The quantitative estimate of drug-likeness (QED) is 0.715. The summed E-state index contributed by atoms with van der Waals surface area (Å²) in [7, 11) is 1.57. The molecule has 0 aromatic heterocycles. The number of hydrogen-bond acceptors (Lipinski definition) is 4. The number of amides is 2. The largest absolute Gasteiger partial charge is 0.497 e. The van der Waals surface area contributed by atoms with Crippen LogP contribution in [0.3, 0.4) is 0 Å². The van der Waals surface area contributed by atoms with E-state index >= 15 is 0 Å². The lowest BCUT2D eigenvalue weighted by Gasteiger charge is -2.31. The van der Waals surface area contributed by atoms with E-state index in [1.165, 1.54) is 17.0 Å². The van der Waals surface area contributed by atoms with Crippen molar-refractivity contribution in [3.8, 4) is 11.5 Å². The standard InChI is InChI=1S/C23H29FN2O4/c1-16(22(28)25-23(2,3)4)26(14-17-6-8-18(24)9-7-17)21(27)15-30-20-12-10-19(29-5)11-13-20/h6-13,16H,14-15H2,1-5H3,(H,25,28)/t16-/m0/s1. The molecule has 0 saturated heterocycles. The maximum Gasteiger partial charge on any atom is 0.261 e. The van der Waals surface area contributed by atoms with E-state index in [9.17, 15) is 14.0 Å². The van der Waals surface area contributed by atoms with Gasteiger partial charge in [-0.1, -0.05) is 12.1 Å². The topological polar surface area (TPSA) is 67.9 Å². The predicted molar refractivity (Wildman–Crippen MR) is 113 cm³/mol. The molecule has 1 atom stereocenters. The van der Waals surface area contributed by atoms with Crippen LogP contribution in [0.5, 0.6) is 11.5 Å². The molecule has 0 unspecified atom stereocenters. The maximum atomic E-state index is 13.2. The smallest absolute Gasteiger partial charge is 0.261 e. The Morgan fingerprint density at radius 3 is 2.13 bits per heavy atom. The lowest BCUT2D eigenvalue weighted by molar-refractivity contribution is -0.142. The highest BCUT2D eigenvalue weighted by Crippen LogP contribution is 2.18. The molecule has 0 aliphatic heterocycles. The van der Waals surface area contributed by atoms with E-state index in [-0.39, 0.29) is 30.8 Å². The van der Waals surface area contributed by atoms with Gasteiger partial charge in [-0.15, -0.1) is 0 Å². The predicted octanol–water partition coefficient (Wildman–Crippen LogP) is 3.55. The molecule has 2 rings (SSSR count). The van der Waals surface area contributed by atoms with Gasteiger partial charge in [-0.05, 0) is 69.7 Å². The molecular formula is C23H29FN2O4. The van der Waals surface area contributed by atoms with E-state index < -0.39 is 11.6 Å². The first kappa shape index (κ1) is 23.2. The molecule has 0 fully saturated rings. The molecule has 0 spiro atoms. The molecule has 30 heavy (non-hydrogen) atoms. The summed E-state index contributed by atoms with van der Waals surface area (Å²) in [5, 5.41) is 2.89. The van der Waals surface area contributed by atoms with Crippen molar-refractivity contribution in [2.45, 2.75) is 45.8 Å². The third-order valence-corrected chi connectivity index (χ3v) is 4.35. The second kappa shape index (κ2) is 10.1. The fourth-order valence-corrected chi connectivity index (χ4v) is 2.74. The van der Waals surface area contributed by atoms with Gasteiger partial charge in [-0.2, -0.15) is 0 Å². The van der Waals surface area contributed by atoms with Crippen LogP contribution in [0.1, 0.15) is 33.3 Å². The third-order valence-electron chi connectivity index (χ3n) is 4.35. The van der Waals surface area contributed by atoms with Crippen molar-refractivity contribution in [2.24, 2.45) is 0 Å². The summed E-state index contributed by atoms with van der Waals surface area (Å²) in [5.41, 5.74) is 0.278. The van der Waals surface area contributed by atoms with Crippen molar-refractivity contribution < 1.29 is 23.5 Å². The van der Waals surface area contributed by atoms with E-state index in [1.54, 1.807) is 50.4 Å². The number of carbonyl (C=O) groups excluding carboxylic acids is 2. The number of nitrogens with zero attached hydrogens (tertiary/aromatic N) is 1. The number of ether oxygens (including phenoxy) is 2. The van der Waals surface area contributed by atoms with E-state index in [4.69, 9.17) is 9.47 Å². The molecule has 0 radical (unpaired) electrons. The van der Waals surface area contributed by atoms with Crippen LogP contribution in [0.25, 0.3) is 0 Å². The minimum atomic E-state index is -0.735. The first-order chi connectivity index (χ1) is 14.1. The zero-order valence-corrected chi connectivity index (χ0v) is 18.1. The summed E-state index contributed by atoms with van der Waals surface area (Å²) in [4.78, 5) is 27.0. The molecular weight excluding hydrogens is 387 g/mol. The van der Waals surface area contributed by atoms with Crippen molar-refractivity contribution in [3.05, 3.63) is 59.9 Å². The van der Waals surface area contributed by atoms with Gasteiger partial charge in [-0.25, -0.2) is 4.39 Å². The van der Waals surface area contributed by atoms with Gasteiger partial charge < -0.3 is 19.7 Å². The second-order valence-electron chi connectivity index (χ2n) is 8.03. The van der Waals surface area contributed by atoms with Crippen molar-refractivity contribution in [1.82, 2.24) is 10.2 Å². The minimum Gasteiger partial charge on any atom is -0.497 e. The highest BCUT2D eigenvalue weighted by Gasteiger charge is 2.28. The summed E-state index contributed by atoms with van der Waals surface area (Å²) in [6.07, 6.45) is 0. The number of hydrogen-bond donors (Lipinski definition) is 1. The van der Waals surface area contributed by atoms with Gasteiger partial charge in [0.15, 0.2) is 6.61 Å². The van der Waals surface area contributed by atoms with Gasteiger partial charge in [0.1, 0.15) is 23.4 Å². The Labute approximate surface area is 177 Å². The number of benzene rings is 2. The first-order valence-corrected chi connectivity index (χ1v) is 9.72. The molecule has 0 aliphatic rings. The number of nitrogens with one attached hydrogen (secondary N) is 1. The van der Waals surface area contributed by atoms with Gasteiger partial charge in [0, 0.05) is 12.1 Å². The van der Waals surface area contributed by atoms with Gasteiger partial charge in [-0.3, -0.25) is 9.59 Å². The van der Waals surface area contributed by atoms with Crippen LogP contribution < -0.4 is 14.8 Å². The van der Waals surface area contributed by atoms with Crippen LogP contribution in [0.15, 0.2) is 48.5 Å². The summed E-state index contributed by atoms with van der Waals surface area (Å²) in [6, 6.07) is 12.0. The van der Waals surface area contributed by atoms with Crippen LogP contribution in [-0.4, -0.2) is 42.0 Å². The number of halogens is 1. The number of carbonyl (C=O) groups is 2. The van der Waals surface area contributed by atoms with Crippen LogP contribution in [-0.2, 0) is 16.1 Å². The summed E-state index contributed by atoms with van der Waals surface area (Å²) in [5.74, 6) is 0.198. The Morgan fingerprint density at radius 2 is 1.60 bits per heavy atom. The highest BCUT2D eigenvalue weighted by molar-refractivity contribution is 5.88. The van der Waals surface area contributed by atoms with Gasteiger partial charge in [0.05, 0.1) is 7.11 Å². The van der Waals surface area contributed by atoms with Crippen LogP contribution >= 0.6 is 0 Å². The Bertz CT molecular complexity index is 845. The SMILES string of the molecule is COc1ccc(OCC(=O)N(Cc2ccc(F)cc2)[C@@H](C)C(=O)NC(C)(C)C)cc1. The van der Waals surface area contributed by atoms with Crippen molar-refractivity contribution in [1.29, 1.82) is 0 Å². The van der Waals surface area contributed by atoms with Crippen molar-refractivity contribution in [3.63, 3.8) is 0 Å². The molecule has 2 aromatic rings. The average Bonchev–Trinajstić information content (AvgIpc) is 2.70. The maximum absolute atomic E-state index is 13.2. The van der Waals surface area contributed by atoms with Crippen LogP contribution in [0.4, 0.5) is 4.39 Å². The van der Waals surface area contributed by atoms with Gasteiger partial charge >= 0.3 is 0 Å². The molecule has 0 saturated carbocycles. The molecule has 0 bridgehead atoms. The zero-order valence-electron chi connectivity index (χ0n) is 18.1. The summed E-state index contributed by atoms with van der Waals surface area (Å²) in [6.45, 7) is 7.20. The summed E-state index contributed by atoms with van der Waals surface area (Å²) >= 11 is 0. The highest BCUT2D eigenvalue weighted by atomic mass is 19.1. The molecule has 0 heterocycles. The fraction of sp³-hybridized carbons (Fsp3) is 0.391. The summed E-state index contributed by atoms with van der Waals surface area (Å²) < 4.78 is 23.9. The first-order valence-electron chi connectivity index (χ1n) is 9.72. The zero-order chi connectivity index (χ0) is 22.3. The van der Waals surface area contributed by atoms with E-state index in [0.717, 1.165) is 0 Å². The van der Waals surface area contributed by atoms with Crippen molar-refractivity contribution >= 4 is 11.8 Å².